The molecule has 3 rings (SSSR count). The summed E-state index contributed by atoms with van der Waals surface area (Å²) >= 11 is 0. The van der Waals surface area contributed by atoms with Crippen LogP contribution in [-0.2, 0) is 23.4 Å². The van der Waals surface area contributed by atoms with Gasteiger partial charge in [-0.15, -0.1) is 0 Å². The van der Waals surface area contributed by atoms with Gasteiger partial charge in [-0.3, -0.25) is 0 Å². The molecule has 0 aromatic heterocycles. The topological polar surface area (TPSA) is 91.3 Å². The molecule has 7 nitrogen and oxygen atoms in total. The lowest BCUT2D eigenvalue weighted by Crippen LogP contribution is -2.67. The molecule has 2 aromatic rings. The maximum atomic E-state index is 12.3. The molecule has 2 aromatic carbocycles. The molecule has 1 saturated heterocycles. The van der Waals surface area contributed by atoms with Crippen LogP contribution in [0.5, 0.6) is 0 Å². The second-order valence-corrected chi connectivity index (χ2v) is 13.4. The van der Waals surface area contributed by atoms with E-state index in [1.54, 1.807) is 0 Å². The second kappa shape index (κ2) is 9.05. The first-order chi connectivity index (χ1) is 15.0. The van der Waals surface area contributed by atoms with E-state index in [4.69, 9.17) is 13.9 Å². The van der Waals surface area contributed by atoms with Crippen LogP contribution in [0.1, 0.15) is 27.7 Å². The van der Waals surface area contributed by atoms with Crippen LogP contribution in [0.25, 0.3) is 0 Å². The summed E-state index contributed by atoms with van der Waals surface area (Å²) in [5.41, 5.74) is -2.01. The summed E-state index contributed by atoms with van der Waals surface area (Å²) in [6.45, 7) is 7.57. The zero-order valence-corrected chi connectivity index (χ0v) is 20.0. The fraction of sp³-hybridized carbons (Fsp3) is 0.417. The number of carbonyl (C=O) groups is 2. The van der Waals surface area contributed by atoms with Crippen LogP contribution in [-0.4, -0.2) is 57.1 Å². The van der Waals surface area contributed by atoms with E-state index in [-0.39, 0.29) is 11.6 Å². The molecule has 0 amide bonds. The third-order valence-corrected chi connectivity index (χ3v) is 10.8. The Hall–Kier alpha value is -2.68. The Morgan fingerprint density at radius 2 is 1.56 bits per heavy atom. The molecule has 1 aliphatic rings. The Labute approximate surface area is 189 Å². The molecular formula is C24H30O7Si. The molecule has 0 bridgehead atoms. The molecule has 1 fully saturated rings. The second-order valence-electron chi connectivity index (χ2n) is 9.06. The molecule has 0 saturated carbocycles. The van der Waals surface area contributed by atoms with Crippen LogP contribution < -0.4 is 10.4 Å². The van der Waals surface area contributed by atoms with Crippen LogP contribution in [0, 0.1) is 0 Å². The molecule has 0 aliphatic carbocycles. The summed E-state index contributed by atoms with van der Waals surface area (Å²) in [5, 5.41) is 12.4. The largest absolute Gasteiger partial charge is 0.508 e. The summed E-state index contributed by atoms with van der Waals surface area (Å²) in [4.78, 5) is 24.1. The average molecular weight is 459 g/mol. The van der Waals surface area contributed by atoms with Crippen molar-refractivity contribution in [2.75, 3.05) is 13.7 Å². The van der Waals surface area contributed by atoms with Crippen LogP contribution in [0.4, 0.5) is 4.79 Å². The number of benzene rings is 2. The number of ether oxygens (including phenoxy) is 3. The number of cyclic esters (lactones) is 1. The highest BCUT2D eigenvalue weighted by Crippen LogP contribution is 2.38. The molecule has 32 heavy (non-hydrogen) atoms. The molecule has 8 heteroatoms. The molecule has 0 unspecified atom stereocenters. The number of aliphatic hydroxyl groups is 1. The Kier molecular flexibility index (Phi) is 6.78. The number of esters is 1. The minimum absolute atomic E-state index is 0.0587. The number of carbonyl (C=O) groups excluding carboxylic acids is 2. The van der Waals surface area contributed by atoms with Crippen molar-refractivity contribution < 1.29 is 33.3 Å². The standard InChI is InChI=1S/C24H30O7Si/c1-23(2,3)32(17-12-8-6-9-13-17,18-14-10-7-11-15-18)29-16-19-20(31-22(26)28-5)24(4,27)21(25)30-19/h6-15,19-20,27H,16H2,1-5H3/t19-,20-,24+/m1/s1. The van der Waals surface area contributed by atoms with Gasteiger partial charge < -0.3 is 23.7 Å². The van der Waals surface area contributed by atoms with Crippen molar-refractivity contribution in [2.45, 2.75) is 50.5 Å². The fourth-order valence-electron chi connectivity index (χ4n) is 4.23. The molecule has 3 atom stereocenters. The summed E-state index contributed by atoms with van der Waals surface area (Å²) < 4.78 is 21.9. The monoisotopic (exact) mass is 458 g/mol. The fourth-order valence-corrected chi connectivity index (χ4v) is 8.80. The van der Waals surface area contributed by atoms with Crippen LogP contribution in [0.2, 0.25) is 5.04 Å². The predicted octanol–water partition coefficient (Wildman–Crippen LogP) is 2.39. The van der Waals surface area contributed by atoms with Gasteiger partial charge in [0.05, 0.1) is 13.7 Å². The van der Waals surface area contributed by atoms with E-state index in [0.29, 0.717) is 0 Å². The van der Waals surface area contributed by atoms with Crippen molar-refractivity contribution in [2.24, 2.45) is 0 Å². The first-order valence-electron chi connectivity index (χ1n) is 10.5. The van der Waals surface area contributed by atoms with Crippen molar-refractivity contribution in [3.05, 3.63) is 60.7 Å². The number of rotatable bonds is 6. The zero-order chi connectivity index (χ0) is 23.6. The van der Waals surface area contributed by atoms with Crippen molar-refractivity contribution in [1.82, 2.24) is 0 Å². The van der Waals surface area contributed by atoms with E-state index >= 15 is 0 Å². The van der Waals surface area contributed by atoms with Crippen LogP contribution >= 0.6 is 0 Å². The van der Waals surface area contributed by atoms with Crippen molar-refractivity contribution in [3.8, 4) is 0 Å². The predicted molar refractivity (Wildman–Crippen MR) is 121 cm³/mol. The Balaban J connectivity index is 2.02. The first-order valence-corrected chi connectivity index (χ1v) is 12.4. The van der Waals surface area contributed by atoms with Gasteiger partial charge in [-0.25, -0.2) is 9.59 Å². The Morgan fingerprint density at radius 3 is 2.00 bits per heavy atom. The van der Waals surface area contributed by atoms with Gasteiger partial charge in [0.2, 0.25) is 0 Å². The lowest BCUT2D eigenvalue weighted by Gasteiger charge is -2.43. The van der Waals surface area contributed by atoms with Crippen molar-refractivity contribution in [3.63, 3.8) is 0 Å². The highest BCUT2D eigenvalue weighted by atomic mass is 28.4. The van der Waals surface area contributed by atoms with Crippen LogP contribution in [0.3, 0.4) is 0 Å². The zero-order valence-electron chi connectivity index (χ0n) is 19.0. The van der Waals surface area contributed by atoms with E-state index in [2.05, 4.69) is 25.5 Å². The van der Waals surface area contributed by atoms with Gasteiger partial charge in [-0.2, -0.15) is 0 Å². The van der Waals surface area contributed by atoms with E-state index in [1.807, 2.05) is 60.7 Å². The SMILES string of the molecule is COC(=O)O[C@@H]1[C@@H](CO[Si](c2ccccc2)(c2ccccc2)C(C)(C)C)OC(=O)[C@@]1(C)O. The first kappa shape index (κ1) is 24.0. The summed E-state index contributed by atoms with van der Waals surface area (Å²) in [6, 6.07) is 20.0. The van der Waals surface area contributed by atoms with Gasteiger partial charge in [-0.1, -0.05) is 81.4 Å². The summed E-state index contributed by atoms with van der Waals surface area (Å²) in [6.07, 6.45) is -3.26. The number of hydrogen-bond acceptors (Lipinski definition) is 7. The molecule has 0 spiro atoms. The third kappa shape index (κ3) is 4.30. The van der Waals surface area contributed by atoms with Crippen LogP contribution in [0.15, 0.2) is 60.7 Å². The molecule has 1 aliphatic heterocycles. The lowest BCUT2D eigenvalue weighted by molar-refractivity contribution is -0.155. The average Bonchev–Trinajstić information content (AvgIpc) is 2.97. The molecule has 0 radical (unpaired) electrons. The Bertz CT molecular complexity index is 898. The Morgan fingerprint density at radius 1 is 1.06 bits per heavy atom. The number of methoxy groups -OCH3 is 1. The third-order valence-electron chi connectivity index (χ3n) is 5.83. The van der Waals surface area contributed by atoms with Gasteiger partial charge in [-0.05, 0) is 22.3 Å². The summed E-state index contributed by atoms with van der Waals surface area (Å²) in [7, 11) is -1.75. The van der Waals surface area contributed by atoms with Crippen molar-refractivity contribution >= 4 is 30.8 Å². The lowest BCUT2D eigenvalue weighted by atomic mass is 9.98. The van der Waals surface area contributed by atoms with Crippen molar-refractivity contribution in [1.29, 1.82) is 0 Å². The maximum Gasteiger partial charge on any atom is 0.508 e. The van der Waals surface area contributed by atoms with Gasteiger partial charge in [0.15, 0.2) is 17.8 Å². The van der Waals surface area contributed by atoms with Gasteiger partial charge in [0, 0.05) is 0 Å². The minimum atomic E-state index is -2.91. The van der Waals surface area contributed by atoms with E-state index < -0.39 is 38.3 Å². The molecule has 1 N–H and O–H groups in total. The summed E-state index contributed by atoms with van der Waals surface area (Å²) in [5.74, 6) is -0.873. The van der Waals surface area contributed by atoms with E-state index in [1.165, 1.54) is 6.92 Å². The molecular weight excluding hydrogens is 428 g/mol. The normalized spacial score (nSPS) is 23.5. The van der Waals surface area contributed by atoms with Gasteiger partial charge in [0.25, 0.3) is 8.32 Å². The van der Waals surface area contributed by atoms with Gasteiger partial charge >= 0.3 is 12.1 Å². The number of hydrogen-bond donors (Lipinski definition) is 1. The highest BCUT2D eigenvalue weighted by molar-refractivity contribution is 6.99. The smallest absolute Gasteiger partial charge is 0.454 e. The minimum Gasteiger partial charge on any atom is -0.454 e. The van der Waals surface area contributed by atoms with Gasteiger partial charge in [0.1, 0.15) is 0 Å². The molecule has 1 heterocycles. The molecule has 172 valence electrons. The maximum absolute atomic E-state index is 12.3. The van der Waals surface area contributed by atoms with E-state index in [0.717, 1.165) is 17.5 Å². The van der Waals surface area contributed by atoms with E-state index in [9.17, 15) is 14.7 Å². The highest BCUT2D eigenvalue weighted by Gasteiger charge is 2.58. The quantitative estimate of drug-likeness (QED) is 0.525.